The molecule has 1 saturated carbocycles. The summed E-state index contributed by atoms with van der Waals surface area (Å²) in [5.41, 5.74) is 1.18. The molecule has 0 aliphatic heterocycles. The smallest absolute Gasteiger partial charge is 0.230 e. The van der Waals surface area contributed by atoms with Crippen LogP contribution in [-0.2, 0) is 6.42 Å². The van der Waals surface area contributed by atoms with Crippen LogP contribution >= 0.6 is 11.6 Å². The molecular formula is C15H18ClN3O. The SMILES string of the molecule is CNC(C)Cc1noc(C2CC2c2ccccc2Cl)n1. The van der Waals surface area contributed by atoms with Gasteiger partial charge in [0.25, 0.3) is 0 Å². The van der Waals surface area contributed by atoms with E-state index >= 15 is 0 Å². The van der Waals surface area contributed by atoms with Crippen molar-refractivity contribution in [1.82, 2.24) is 15.5 Å². The first kappa shape index (κ1) is 13.6. The maximum absolute atomic E-state index is 6.23. The number of nitrogens with one attached hydrogen (secondary N) is 1. The average molecular weight is 292 g/mol. The largest absolute Gasteiger partial charge is 0.339 e. The summed E-state index contributed by atoms with van der Waals surface area (Å²) in [5.74, 6) is 2.25. The van der Waals surface area contributed by atoms with Crippen molar-refractivity contribution in [2.24, 2.45) is 0 Å². The third-order valence-electron chi connectivity index (χ3n) is 3.88. The molecule has 20 heavy (non-hydrogen) atoms. The van der Waals surface area contributed by atoms with Crippen LogP contribution in [0.3, 0.4) is 0 Å². The first-order valence-electron chi connectivity index (χ1n) is 6.93. The normalized spacial score (nSPS) is 22.8. The summed E-state index contributed by atoms with van der Waals surface area (Å²) in [6.45, 7) is 2.10. The second-order valence-electron chi connectivity index (χ2n) is 5.41. The molecule has 0 saturated heterocycles. The first-order chi connectivity index (χ1) is 9.69. The fraction of sp³-hybridized carbons (Fsp3) is 0.467. The van der Waals surface area contributed by atoms with Crippen LogP contribution in [0.2, 0.25) is 5.02 Å². The standard InChI is InChI=1S/C15H18ClN3O/c1-9(17-2)7-14-18-15(20-19-14)12-8-11(12)10-5-3-4-6-13(10)16/h3-6,9,11-12,17H,7-8H2,1-2H3. The molecule has 0 bridgehead atoms. The van der Waals surface area contributed by atoms with E-state index < -0.39 is 0 Å². The van der Waals surface area contributed by atoms with Crippen molar-refractivity contribution in [2.75, 3.05) is 7.05 Å². The van der Waals surface area contributed by atoms with Gasteiger partial charge in [-0.2, -0.15) is 4.98 Å². The number of likely N-dealkylation sites (N-methyl/N-ethyl adjacent to an activating group) is 1. The summed E-state index contributed by atoms with van der Waals surface area (Å²) in [7, 11) is 1.93. The number of nitrogens with zero attached hydrogens (tertiary/aromatic N) is 2. The minimum Gasteiger partial charge on any atom is -0.339 e. The highest BCUT2D eigenvalue weighted by Crippen LogP contribution is 2.55. The van der Waals surface area contributed by atoms with Crippen molar-refractivity contribution in [1.29, 1.82) is 0 Å². The monoisotopic (exact) mass is 291 g/mol. The molecule has 1 fully saturated rings. The number of hydrogen-bond acceptors (Lipinski definition) is 4. The van der Waals surface area contributed by atoms with Gasteiger partial charge in [-0.3, -0.25) is 0 Å². The maximum Gasteiger partial charge on any atom is 0.230 e. The zero-order valence-corrected chi connectivity index (χ0v) is 12.4. The molecule has 106 valence electrons. The topological polar surface area (TPSA) is 51.0 Å². The molecule has 3 rings (SSSR count). The van der Waals surface area contributed by atoms with Crippen LogP contribution in [0.15, 0.2) is 28.8 Å². The van der Waals surface area contributed by atoms with Gasteiger partial charge < -0.3 is 9.84 Å². The molecule has 0 radical (unpaired) electrons. The maximum atomic E-state index is 6.23. The van der Waals surface area contributed by atoms with Crippen molar-refractivity contribution in [3.8, 4) is 0 Å². The number of benzene rings is 1. The number of rotatable bonds is 5. The lowest BCUT2D eigenvalue weighted by Crippen LogP contribution is -2.24. The molecular weight excluding hydrogens is 274 g/mol. The van der Waals surface area contributed by atoms with E-state index in [-0.39, 0.29) is 0 Å². The lowest BCUT2D eigenvalue weighted by Gasteiger charge is -2.04. The Labute approximate surface area is 123 Å². The Morgan fingerprint density at radius 3 is 2.95 bits per heavy atom. The summed E-state index contributed by atoms with van der Waals surface area (Å²) < 4.78 is 5.39. The zero-order chi connectivity index (χ0) is 14.1. The second-order valence-corrected chi connectivity index (χ2v) is 5.82. The molecule has 3 atom stereocenters. The van der Waals surface area contributed by atoms with E-state index in [1.54, 1.807) is 0 Å². The Balaban J connectivity index is 1.69. The number of halogens is 1. The van der Waals surface area contributed by atoms with Gasteiger partial charge in [-0.15, -0.1) is 0 Å². The minimum atomic E-state index is 0.320. The number of aromatic nitrogens is 2. The van der Waals surface area contributed by atoms with Gasteiger partial charge >= 0.3 is 0 Å². The number of hydrogen-bond donors (Lipinski definition) is 1. The van der Waals surface area contributed by atoms with Crippen molar-refractivity contribution in [3.63, 3.8) is 0 Å². The van der Waals surface area contributed by atoms with Gasteiger partial charge in [0.15, 0.2) is 5.82 Å². The Morgan fingerprint density at radius 1 is 1.40 bits per heavy atom. The van der Waals surface area contributed by atoms with Crippen LogP contribution in [0, 0.1) is 0 Å². The summed E-state index contributed by atoms with van der Waals surface area (Å²) in [6, 6.07) is 8.32. The molecule has 1 N–H and O–H groups in total. The fourth-order valence-electron chi connectivity index (χ4n) is 2.46. The van der Waals surface area contributed by atoms with Gasteiger partial charge in [-0.25, -0.2) is 0 Å². The highest BCUT2D eigenvalue weighted by Gasteiger charge is 2.44. The van der Waals surface area contributed by atoms with Crippen molar-refractivity contribution >= 4 is 11.6 Å². The third-order valence-corrected chi connectivity index (χ3v) is 4.22. The van der Waals surface area contributed by atoms with Crippen molar-refractivity contribution in [2.45, 2.75) is 37.6 Å². The van der Waals surface area contributed by atoms with Gasteiger partial charge in [0.2, 0.25) is 5.89 Å². The minimum absolute atomic E-state index is 0.320. The summed E-state index contributed by atoms with van der Waals surface area (Å²) in [6.07, 6.45) is 1.82. The van der Waals surface area contributed by atoms with Crippen molar-refractivity contribution in [3.05, 3.63) is 46.6 Å². The molecule has 0 spiro atoms. The molecule has 1 heterocycles. The van der Waals surface area contributed by atoms with Gasteiger partial charge in [0.1, 0.15) is 0 Å². The fourth-order valence-corrected chi connectivity index (χ4v) is 2.74. The summed E-state index contributed by atoms with van der Waals surface area (Å²) >= 11 is 6.23. The highest BCUT2D eigenvalue weighted by atomic mass is 35.5. The van der Waals surface area contributed by atoms with E-state index in [2.05, 4.69) is 28.4 Å². The molecule has 1 aromatic carbocycles. The van der Waals surface area contributed by atoms with Crippen LogP contribution in [0.1, 0.15) is 42.5 Å². The molecule has 5 heteroatoms. The average Bonchev–Trinajstić information content (AvgIpc) is 3.11. The van der Waals surface area contributed by atoms with Crippen LogP contribution in [0.4, 0.5) is 0 Å². The lowest BCUT2D eigenvalue weighted by molar-refractivity contribution is 0.371. The molecule has 3 unspecified atom stereocenters. The van der Waals surface area contributed by atoms with Crippen LogP contribution < -0.4 is 5.32 Å². The lowest BCUT2D eigenvalue weighted by atomic mass is 10.1. The summed E-state index contributed by atoms with van der Waals surface area (Å²) in [5, 5.41) is 8.05. The van der Waals surface area contributed by atoms with Gasteiger partial charge in [-0.05, 0) is 37.9 Å². The van der Waals surface area contributed by atoms with E-state index in [1.165, 1.54) is 5.56 Å². The predicted molar refractivity (Wildman–Crippen MR) is 78.1 cm³/mol. The molecule has 1 aliphatic carbocycles. The molecule has 1 aliphatic rings. The van der Waals surface area contributed by atoms with E-state index in [0.29, 0.717) is 17.9 Å². The van der Waals surface area contributed by atoms with Gasteiger partial charge in [0, 0.05) is 23.4 Å². The van der Waals surface area contributed by atoms with Gasteiger partial charge in [-0.1, -0.05) is 35.0 Å². The van der Waals surface area contributed by atoms with Crippen LogP contribution in [0.5, 0.6) is 0 Å². The predicted octanol–water partition coefficient (Wildman–Crippen LogP) is 3.14. The molecule has 1 aromatic heterocycles. The summed E-state index contributed by atoms with van der Waals surface area (Å²) in [4.78, 5) is 4.50. The Morgan fingerprint density at radius 2 is 2.20 bits per heavy atom. The molecule has 2 aromatic rings. The highest BCUT2D eigenvalue weighted by molar-refractivity contribution is 6.31. The van der Waals surface area contributed by atoms with Gasteiger partial charge in [0.05, 0.1) is 0 Å². The zero-order valence-electron chi connectivity index (χ0n) is 11.6. The quantitative estimate of drug-likeness (QED) is 0.919. The van der Waals surface area contributed by atoms with E-state index in [0.717, 1.165) is 29.6 Å². The third kappa shape index (κ3) is 2.72. The van der Waals surface area contributed by atoms with Crippen LogP contribution in [0.25, 0.3) is 0 Å². The first-order valence-corrected chi connectivity index (χ1v) is 7.31. The van der Waals surface area contributed by atoms with Crippen LogP contribution in [-0.4, -0.2) is 23.2 Å². The molecule has 4 nitrogen and oxygen atoms in total. The Bertz CT molecular complexity index is 598. The van der Waals surface area contributed by atoms with E-state index in [9.17, 15) is 0 Å². The molecule has 0 amide bonds. The Hall–Kier alpha value is -1.39. The Kier molecular flexibility index (Phi) is 3.76. The van der Waals surface area contributed by atoms with E-state index in [4.69, 9.17) is 16.1 Å². The second kappa shape index (κ2) is 5.54. The van der Waals surface area contributed by atoms with E-state index in [1.807, 2.05) is 25.2 Å². The van der Waals surface area contributed by atoms with Crippen molar-refractivity contribution < 1.29 is 4.52 Å².